The van der Waals surface area contributed by atoms with Crippen molar-refractivity contribution in [2.75, 3.05) is 13.7 Å². The van der Waals surface area contributed by atoms with Crippen LogP contribution in [0.1, 0.15) is 13.0 Å². The molecule has 130 valence electrons. The minimum Gasteiger partial charge on any atom is -0.383 e. The highest BCUT2D eigenvalue weighted by Crippen LogP contribution is 2.24. The second-order valence-electron chi connectivity index (χ2n) is 5.67. The molecule has 0 N–H and O–H groups in total. The number of nitrogens with zero attached hydrogens (tertiary/aromatic N) is 2. The third-order valence-electron chi connectivity index (χ3n) is 3.78. The van der Waals surface area contributed by atoms with E-state index >= 15 is 0 Å². The van der Waals surface area contributed by atoms with Crippen molar-refractivity contribution in [3.63, 3.8) is 0 Å². The molecule has 1 atom stereocenters. The Hall–Kier alpha value is -1.95. The molecule has 0 aliphatic rings. The highest BCUT2D eigenvalue weighted by atomic mass is 35.5. The van der Waals surface area contributed by atoms with Crippen molar-refractivity contribution in [1.82, 2.24) is 4.57 Å². The fourth-order valence-corrected chi connectivity index (χ4v) is 3.74. The zero-order chi connectivity index (χ0) is 17.8. The van der Waals surface area contributed by atoms with Crippen molar-refractivity contribution in [2.24, 2.45) is 4.99 Å². The van der Waals surface area contributed by atoms with E-state index in [1.165, 1.54) is 12.1 Å². The summed E-state index contributed by atoms with van der Waals surface area (Å²) in [7, 11) is 1.68. The van der Waals surface area contributed by atoms with E-state index in [0.29, 0.717) is 11.6 Å². The topological polar surface area (TPSA) is 26.5 Å². The van der Waals surface area contributed by atoms with Gasteiger partial charge in [-0.15, -0.1) is 11.3 Å². The van der Waals surface area contributed by atoms with Gasteiger partial charge in [0.05, 0.1) is 24.0 Å². The summed E-state index contributed by atoms with van der Waals surface area (Å²) in [6.07, 6.45) is 0. The molecular weight excluding hydrogens is 359 g/mol. The molecule has 0 aliphatic carbocycles. The third kappa shape index (κ3) is 4.18. The quantitative estimate of drug-likeness (QED) is 0.581. The lowest BCUT2D eigenvalue weighted by Gasteiger charge is -2.16. The normalized spacial score (nSPS) is 13.2. The Morgan fingerprint density at radius 3 is 2.48 bits per heavy atom. The summed E-state index contributed by atoms with van der Waals surface area (Å²) >= 11 is 7.49. The molecule has 1 heterocycles. The van der Waals surface area contributed by atoms with Gasteiger partial charge in [0.2, 0.25) is 0 Å². The highest BCUT2D eigenvalue weighted by Gasteiger charge is 2.14. The summed E-state index contributed by atoms with van der Waals surface area (Å²) in [5, 5.41) is 2.71. The first-order valence-electron chi connectivity index (χ1n) is 7.83. The van der Waals surface area contributed by atoms with E-state index in [2.05, 4.69) is 11.5 Å². The molecule has 0 radical (unpaired) electrons. The zero-order valence-corrected chi connectivity index (χ0v) is 15.5. The molecule has 0 spiro atoms. The van der Waals surface area contributed by atoms with Crippen LogP contribution in [-0.2, 0) is 4.74 Å². The average molecular weight is 377 g/mol. The molecule has 0 saturated carbocycles. The first-order valence-corrected chi connectivity index (χ1v) is 9.09. The Morgan fingerprint density at radius 1 is 1.16 bits per heavy atom. The van der Waals surface area contributed by atoms with Gasteiger partial charge in [-0.1, -0.05) is 11.6 Å². The molecular formula is C19H18ClFN2OS. The summed E-state index contributed by atoms with van der Waals surface area (Å²) in [6.45, 7) is 2.63. The molecule has 3 aromatic rings. The van der Waals surface area contributed by atoms with Crippen LogP contribution in [0.15, 0.2) is 58.9 Å². The molecule has 0 fully saturated rings. The van der Waals surface area contributed by atoms with E-state index in [1.54, 1.807) is 30.6 Å². The van der Waals surface area contributed by atoms with E-state index in [9.17, 15) is 4.39 Å². The van der Waals surface area contributed by atoms with E-state index < -0.39 is 0 Å². The van der Waals surface area contributed by atoms with Crippen LogP contribution in [0.2, 0.25) is 5.02 Å². The highest BCUT2D eigenvalue weighted by molar-refractivity contribution is 7.07. The van der Waals surface area contributed by atoms with Crippen molar-refractivity contribution < 1.29 is 9.13 Å². The lowest BCUT2D eigenvalue weighted by Crippen LogP contribution is -2.22. The van der Waals surface area contributed by atoms with E-state index in [4.69, 9.17) is 21.3 Å². The number of ether oxygens (including phenoxy) is 1. The molecule has 0 bridgehead atoms. The number of aromatic nitrogens is 1. The molecule has 3 nitrogen and oxygen atoms in total. The number of benzene rings is 2. The van der Waals surface area contributed by atoms with Crippen LogP contribution in [0.25, 0.3) is 11.3 Å². The van der Waals surface area contributed by atoms with Crippen LogP contribution in [0.3, 0.4) is 0 Å². The van der Waals surface area contributed by atoms with Crippen LogP contribution in [0.5, 0.6) is 0 Å². The minimum atomic E-state index is -0.249. The number of hydrogen-bond donors (Lipinski definition) is 0. The van der Waals surface area contributed by atoms with Crippen molar-refractivity contribution in [1.29, 1.82) is 0 Å². The monoisotopic (exact) mass is 376 g/mol. The molecule has 1 aromatic heterocycles. The van der Waals surface area contributed by atoms with Gasteiger partial charge in [0.1, 0.15) is 5.82 Å². The lowest BCUT2D eigenvalue weighted by molar-refractivity contribution is 0.162. The number of methoxy groups -OCH3 is 1. The first kappa shape index (κ1) is 17.9. The smallest absolute Gasteiger partial charge is 0.190 e. The summed E-state index contributed by atoms with van der Waals surface area (Å²) in [5.74, 6) is -0.249. The summed E-state index contributed by atoms with van der Waals surface area (Å²) in [4.78, 5) is 5.60. The van der Waals surface area contributed by atoms with Gasteiger partial charge in [0, 0.05) is 17.5 Å². The van der Waals surface area contributed by atoms with Gasteiger partial charge in [-0.25, -0.2) is 9.38 Å². The molecule has 1 unspecified atom stereocenters. The van der Waals surface area contributed by atoms with Crippen LogP contribution < -0.4 is 4.80 Å². The summed E-state index contributed by atoms with van der Waals surface area (Å²) in [5.41, 5.74) is 2.76. The van der Waals surface area contributed by atoms with Gasteiger partial charge in [-0.3, -0.25) is 0 Å². The van der Waals surface area contributed by atoms with Gasteiger partial charge in [0.25, 0.3) is 0 Å². The van der Waals surface area contributed by atoms with Crippen LogP contribution >= 0.6 is 22.9 Å². The van der Waals surface area contributed by atoms with Gasteiger partial charge >= 0.3 is 0 Å². The number of rotatable bonds is 5. The Labute approximate surface area is 155 Å². The van der Waals surface area contributed by atoms with Gasteiger partial charge in [-0.2, -0.15) is 0 Å². The van der Waals surface area contributed by atoms with Crippen LogP contribution in [0.4, 0.5) is 10.1 Å². The van der Waals surface area contributed by atoms with Crippen LogP contribution in [-0.4, -0.2) is 18.3 Å². The van der Waals surface area contributed by atoms with E-state index in [0.717, 1.165) is 21.7 Å². The van der Waals surface area contributed by atoms with Crippen molar-refractivity contribution in [2.45, 2.75) is 13.0 Å². The summed E-state index contributed by atoms with van der Waals surface area (Å²) < 4.78 is 20.7. The minimum absolute atomic E-state index is 0.0855. The maximum Gasteiger partial charge on any atom is 0.190 e. The Morgan fingerprint density at radius 2 is 1.84 bits per heavy atom. The average Bonchev–Trinajstić information content (AvgIpc) is 3.01. The molecule has 0 saturated heterocycles. The molecule has 3 rings (SSSR count). The lowest BCUT2D eigenvalue weighted by atomic mass is 10.1. The number of thiazole rings is 1. The van der Waals surface area contributed by atoms with E-state index in [-0.39, 0.29) is 11.9 Å². The fourth-order valence-electron chi connectivity index (χ4n) is 2.60. The molecule has 0 amide bonds. The Balaban J connectivity index is 2.12. The maximum absolute atomic E-state index is 13.3. The van der Waals surface area contributed by atoms with Crippen molar-refractivity contribution in [3.8, 4) is 11.3 Å². The summed E-state index contributed by atoms with van der Waals surface area (Å²) in [6, 6.07) is 14.0. The Bertz CT molecular complexity index is 900. The first-order chi connectivity index (χ1) is 12.1. The fraction of sp³-hybridized carbons (Fsp3) is 0.211. The maximum atomic E-state index is 13.3. The largest absolute Gasteiger partial charge is 0.383 e. The molecule has 2 aromatic carbocycles. The second-order valence-corrected chi connectivity index (χ2v) is 6.95. The van der Waals surface area contributed by atoms with Gasteiger partial charge < -0.3 is 9.30 Å². The molecule has 0 aliphatic heterocycles. The second kappa shape index (κ2) is 7.95. The van der Waals surface area contributed by atoms with Gasteiger partial charge in [-0.05, 0) is 61.0 Å². The predicted molar refractivity (Wildman–Crippen MR) is 101 cm³/mol. The zero-order valence-electron chi connectivity index (χ0n) is 13.9. The molecule has 6 heteroatoms. The molecule has 25 heavy (non-hydrogen) atoms. The number of halogens is 2. The van der Waals surface area contributed by atoms with Crippen LogP contribution in [0, 0.1) is 5.82 Å². The Kier molecular flexibility index (Phi) is 5.68. The predicted octanol–water partition coefficient (Wildman–Crippen LogP) is 5.45. The van der Waals surface area contributed by atoms with Gasteiger partial charge in [0.15, 0.2) is 4.80 Å². The SMILES string of the molecule is COCC(C)n1c(-c2ccc(F)cc2)csc1=Nc1ccc(Cl)cc1. The van der Waals surface area contributed by atoms with Crippen molar-refractivity contribution >= 4 is 28.6 Å². The third-order valence-corrected chi connectivity index (χ3v) is 4.87. The van der Waals surface area contributed by atoms with E-state index in [1.807, 2.05) is 29.6 Å². The van der Waals surface area contributed by atoms with Crippen molar-refractivity contribution in [3.05, 3.63) is 69.6 Å². The standard InChI is InChI=1S/C19H18ClFN2OS/c1-13(11-24-2)23-18(14-3-7-16(21)8-4-14)12-25-19(23)22-17-9-5-15(20)6-10-17/h3-10,12-13H,11H2,1-2H3. The number of hydrogen-bond acceptors (Lipinski definition) is 3.